The number of ketones is 1. The minimum absolute atomic E-state index is 0.0117. The van der Waals surface area contributed by atoms with Crippen LogP contribution in [-0.4, -0.2) is 24.3 Å². The Morgan fingerprint density at radius 1 is 1.50 bits per heavy atom. The normalized spacial score (nSPS) is 12.0. The van der Waals surface area contributed by atoms with Crippen molar-refractivity contribution in [3.05, 3.63) is 23.8 Å². The SMILES string of the molecule is CCOc1ccc(OC)cc1C(=O)C(C)Br. The van der Waals surface area contributed by atoms with Gasteiger partial charge in [-0.1, -0.05) is 15.9 Å². The quantitative estimate of drug-likeness (QED) is 0.616. The third kappa shape index (κ3) is 2.98. The zero-order valence-corrected chi connectivity index (χ0v) is 11.2. The van der Waals surface area contributed by atoms with E-state index in [0.717, 1.165) is 0 Å². The molecule has 1 atom stereocenters. The van der Waals surface area contributed by atoms with Crippen molar-refractivity contribution < 1.29 is 14.3 Å². The molecule has 0 aliphatic heterocycles. The van der Waals surface area contributed by atoms with Gasteiger partial charge in [0.1, 0.15) is 11.5 Å². The van der Waals surface area contributed by atoms with Crippen molar-refractivity contribution in [2.24, 2.45) is 0 Å². The van der Waals surface area contributed by atoms with Crippen molar-refractivity contribution in [1.82, 2.24) is 0 Å². The Hall–Kier alpha value is -1.03. The molecule has 88 valence electrons. The monoisotopic (exact) mass is 286 g/mol. The first-order valence-corrected chi connectivity index (χ1v) is 6.00. The fraction of sp³-hybridized carbons (Fsp3) is 0.417. The molecule has 16 heavy (non-hydrogen) atoms. The molecule has 1 aromatic rings. The van der Waals surface area contributed by atoms with E-state index < -0.39 is 0 Å². The van der Waals surface area contributed by atoms with Gasteiger partial charge in [0, 0.05) is 0 Å². The van der Waals surface area contributed by atoms with Crippen molar-refractivity contribution in [3.63, 3.8) is 0 Å². The molecule has 0 aliphatic rings. The molecule has 0 amide bonds. The van der Waals surface area contributed by atoms with Gasteiger partial charge in [0.15, 0.2) is 5.78 Å². The number of carbonyl (C=O) groups excluding carboxylic acids is 1. The van der Waals surface area contributed by atoms with Gasteiger partial charge >= 0.3 is 0 Å². The second kappa shape index (κ2) is 5.89. The predicted octanol–water partition coefficient (Wildman–Crippen LogP) is 3.06. The number of ether oxygens (including phenoxy) is 2. The van der Waals surface area contributed by atoms with E-state index in [4.69, 9.17) is 9.47 Å². The van der Waals surface area contributed by atoms with Crippen LogP contribution in [0.3, 0.4) is 0 Å². The number of methoxy groups -OCH3 is 1. The summed E-state index contributed by atoms with van der Waals surface area (Å²) in [7, 11) is 1.57. The summed E-state index contributed by atoms with van der Waals surface area (Å²) in [5, 5.41) is 0. The maximum Gasteiger partial charge on any atom is 0.180 e. The molecule has 0 saturated carbocycles. The lowest BCUT2D eigenvalue weighted by molar-refractivity contribution is 0.0992. The number of halogens is 1. The largest absolute Gasteiger partial charge is 0.497 e. The van der Waals surface area contributed by atoms with E-state index in [-0.39, 0.29) is 10.6 Å². The van der Waals surface area contributed by atoms with Gasteiger partial charge in [-0.15, -0.1) is 0 Å². The highest BCUT2D eigenvalue weighted by molar-refractivity contribution is 9.10. The average molecular weight is 287 g/mol. The van der Waals surface area contributed by atoms with Gasteiger partial charge in [-0.2, -0.15) is 0 Å². The van der Waals surface area contributed by atoms with Crippen LogP contribution in [0, 0.1) is 0 Å². The summed E-state index contributed by atoms with van der Waals surface area (Å²) in [6.07, 6.45) is 0. The van der Waals surface area contributed by atoms with Crippen LogP contribution in [0.5, 0.6) is 11.5 Å². The maximum atomic E-state index is 11.9. The molecule has 0 aromatic heterocycles. The van der Waals surface area contributed by atoms with E-state index in [0.29, 0.717) is 23.7 Å². The van der Waals surface area contributed by atoms with E-state index >= 15 is 0 Å². The fourth-order valence-corrected chi connectivity index (χ4v) is 1.57. The van der Waals surface area contributed by atoms with Crippen LogP contribution in [0.25, 0.3) is 0 Å². The molecule has 1 unspecified atom stereocenters. The Bertz CT molecular complexity index is 375. The predicted molar refractivity (Wildman–Crippen MR) is 66.9 cm³/mol. The lowest BCUT2D eigenvalue weighted by Crippen LogP contribution is -2.12. The lowest BCUT2D eigenvalue weighted by atomic mass is 10.1. The van der Waals surface area contributed by atoms with Crippen LogP contribution in [-0.2, 0) is 0 Å². The van der Waals surface area contributed by atoms with Crippen LogP contribution in [0.1, 0.15) is 24.2 Å². The van der Waals surface area contributed by atoms with Crippen LogP contribution < -0.4 is 9.47 Å². The molecule has 0 heterocycles. The number of hydrogen-bond acceptors (Lipinski definition) is 3. The van der Waals surface area contributed by atoms with Crippen molar-refractivity contribution in [2.75, 3.05) is 13.7 Å². The van der Waals surface area contributed by atoms with Crippen molar-refractivity contribution in [1.29, 1.82) is 0 Å². The molecule has 4 heteroatoms. The molecule has 1 aromatic carbocycles. The van der Waals surface area contributed by atoms with Gasteiger partial charge in [0.25, 0.3) is 0 Å². The van der Waals surface area contributed by atoms with E-state index in [1.165, 1.54) is 0 Å². The molecule has 0 spiro atoms. The summed E-state index contributed by atoms with van der Waals surface area (Å²) >= 11 is 3.26. The highest BCUT2D eigenvalue weighted by atomic mass is 79.9. The van der Waals surface area contributed by atoms with E-state index in [2.05, 4.69) is 15.9 Å². The fourth-order valence-electron chi connectivity index (χ4n) is 1.32. The molecule has 0 aliphatic carbocycles. The topological polar surface area (TPSA) is 35.5 Å². The van der Waals surface area contributed by atoms with Crippen molar-refractivity contribution in [3.8, 4) is 11.5 Å². The summed E-state index contributed by atoms with van der Waals surface area (Å²) < 4.78 is 10.5. The second-order valence-corrected chi connectivity index (χ2v) is 4.65. The number of Topliss-reactive ketones (excluding diaryl/α,β-unsaturated/α-hetero) is 1. The zero-order valence-electron chi connectivity index (χ0n) is 9.62. The smallest absolute Gasteiger partial charge is 0.180 e. The Balaban J connectivity index is 3.14. The zero-order chi connectivity index (χ0) is 12.1. The first-order chi connectivity index (χ1) is 7.60. The van der Waals surface area contributed by atoms with Crippen LogP contribution in [0.4, 0.5) is 0 Å². The van der Waals surface area contributed by atoms with Crippen molar-refractivity contribution in [2.45, 2.75) is 18.7 Å². The van der Waals surface area contributed by atoms with E-state index in [1.54, 1.807) is 32.2 Å². The standard InChI is InChI=1S/C12H15BrO3/c1-4-16-11-6-5-9(15-3)7-10(11)12(14)8(2)13/h5-8H,4H2,1-3H3. The van der Waals surface area contributed by atoms with Crippen LogP contribution in [0.15, 0.2) is 18.2 Å². The molecular weight excluding hydrogens is 272 g/mol. The number of carbonyl (C=O) groups is 1. The summed E-state index contributed by atoms with van der Waals surface area (Å²) in [6, 6.07) is 5.23. The number of rotatable bonds is 5. The molecule has 0 bridgehead atoms. The first kappa shape index (κ1) is 13.0. The Morgan fingerprint density at radius 2 is 2.19 bits per heavy atom. The number of alkyl halides is 1. The Morgan fingerprint density at radius 3 is 2.69 bits per heavy atom. The number of benzene rings is 1. The number of hydrogen-bond donors (Lipinski definition) is 0. The highest BCUT2D eigenvalue weighted by Crippen LogP contribution is 2.26. The molecule has 3 nitrogen and oxygen atoms in total. The molecular formula is C12H15BrO3. The molecule has 0 saturated heterocycles. The van der Waals surface area contributed by atoms with Crippen molar-refractivity contribution >= 4 is 21.7 Å². The van der Waals surface area contributed by atoms with Gasteiger partial charge in [-0.25, -0.2) is 0 Å². The van der Waals surface area contributed by atoms with Gasteiger partial charge in [-0.3, -0.25) is 4.79 Å². The third-order valence-electron chi connectivity index (χ3n) is 2.11. The Kier molecular flexibility index (Phi) is 4.80. The summed E-state index contributed by atoms with van der Waals surface area (Å²) in [4.78, 5) is 11.7. The van der Waals surface area contributed by atoms with Crippen LogP contribution >= 0.6 is 15.9 Å². The van der Waals surface area contributed by atoms with Gasteiger partial charge in [-0.05, 0) is 32.0 Å². The second-order valence-electron chi connectivity index (χ2n) is 3.28. The van der Waals surface area contributed by atoms with Gasteiger partial charge in [0.05, 0.1) is 24.1 Å². The summed E-state index contributed by atoms with van der Waals surface area (Å²) in [5.41, 5.74) is 0.547. The lowest BCUT2D eigenvalue weighted by Gasteiger charge is -2.11. The third-order valence-corrected chi connectivity index (χ3v) is 2.53. The summed E-state index contributed by atoms with van der Waals surface area (Å²) in [6.45, 7) is 4.21. The molecule has 0 fully saturated rings. The van der Waals surface area contributed by atoms with E-state index in [9.17, 15) is 4.79 Å². The summed E-state index contributed by atoms with van der Waals surface area (Å²) in [5.74, 6) is 1.24. The molecule has 0 N–H and O–H groups in total. The minimum Gasteiger partial charge on any atom is -0.497 e. The van der Waals surface area contributed by atoms with Crippen LogP contribution in [0.2, 0.25) is 0 Å². The molecule has 1 rings (SSSR count). The minimum atomic E-state index is -0.237. The van der Waals surface area contributed by atoms with E-state index in [1.807, 2.05) is 6.92 Å². The molecule has 0 radical (unpaired) electrons. The Labute approximate surface area is 104 Å². The highest BCUT2D eigenvalue weighted by Gasteiger charge is 2.17. The average Bonchev–Trinajstić information content (AvgIpc) is 2.29. The van der Waals surface area contributed by atoms with Gasteiger partial charge < -0.3 is 9.47 Å². The van der Waals surface area contributed by atoms with Gasteiger partial charge in [0.2, 0.25) is 0 Å². The first-order valence-electron chi connectivity index (χ1n) is 5.09. The maximum absolute atomic E-state index is 11.9.